The summed E-state index contributed by atoms with van der Waals surface area (Å²) >= 11 is 6.00. The number of amides is 1. The molecular weight excluding hydrogens is 474 g/mol. The molecule has 0 radical (unpaired) electrons. The SMILES string of the molecule is O=C(c1ccc(Cn2c(=O)c3cccn3c3cccnc32)cc1)N1CCN(c2ccc(Cl)cc2)CC1. The van der Waals surface area contributed by atoms with Crippen LogP contribution in [0.15, 0.2) is 90.0 Å². The largest absolute Gasteiger partial charge is 0.368 e. The van der Waals surface area contributed by atoms with Gasteiger partial charge in [-0.25, -0.2) is 4.98 Å². The van der Waals surface area contributed by atoms with Crippen molar-refractivity contribution in [2.45, 2.75) is 6.54 Å². The van der Waals surface area contributed by atoms with Gasteiger partial charge in [0, 0.05) is 54.8 Å². The van der Waals surface area contributed by atoms with Crippen LogP contribution in [0.1, 0.15) is 15.9 Å². The topological polar surface area (TPSA) is 62.9 Å². The van der Waals surface area contributed by atoms with Crippen molar-refractivity contribution in [3.05, 3.63) is 112 Å². The standard InChI is InChI=1S/C28H24ClN5O2/c29-22-9-11-23(12-10-22)31-15-17-32(18-16-31)27(35)21-7-5-20(6-8-21)19-34-26-24(3-1-13-30-26)33-14-2-4-25(33)28(34)36/h1-14H,15-19H2. The highest BCUT2D eigenvalue weighted by atomic mass is 35.5. The van der Waals surface area contributed by atoms with E-state index in [1.807, 2.05) is 88.3 Å². The Hall–Kier alpha value is -4.10. The summed E-state index contributed by atoms with van der Waals surface area (Å²) in [5, 5.41) is 0.718. The van der Waals surface area contributed by atoms with E-state index in [4.69, 9.17) is 11.6 Å². The smallest absolute Gasteiger partial charge is 0.276 e. The van der Waals surface area contributed by atoms with Crippen molar-refractivity contribution < 1.29 is 4.79 Å². The minimum absolute atomic E-state index is 0.0243. The molecule has 5 aromatic rings. The van der Waals surface area contributed by atoms with E-state index in [-0.39, 0.29) is 11.5 Å². The third-order valence-electron chi connectivity index (χ3n) is 6.79. The fraction of sp³-hybridized carbons (Fsp3) is 0.179. The molecule has 0 saturated carbocycles. The zero-order valence-corrected chi connectivity index (χ0v) is 20.3. The summed E-state index contributed by atoms with van der Waals surface area (Å²) in [4.78, 5) is 34.9. The number of aromatic nitrogens is 3. The van der Waals surface area contributed by atoms with Gasteiger partial charge in [0.1, 0.15) is 5.52 Å². The highest BCUT2D eigenvalue weighted by Gasteiger charge is 2.22. The number of nitrogens with zero attached hydrogens (tertiary/aromatic N) is 5. The zero-order chi connectivity index (χ0) is 24.6. The molecule has 6 rings (SSSR count). The summed E-state index contributed by atoms with van der Waals surface area (Å²) in [6.07, 6.45) is 3.57. The summed E-state index contributed by atoms with van der Waals surface area (Å²) in [7, 11) is 0. The number of carbonyl (C=O) groups is 1. The van der Waals surface area contributed by atoms with E-state index < -0.39 is 0 Å². The van der Waals surface area contributed by atoms with Gasteiger partial charge in [-0.3, -0.25) is 14.2 Å². The molecule has 0 bridgehead atoms. The van der Waals surface area contributed by atoms with Crippen LogP contribution < -0.4 is 10.5 Å². The predicted molar refractivity (Wildman–Crippen MR) is 142 cm³/mol. The van der Waals surface area contributed by atoms with Crippen LogP contribution in [-0.4, -0.2) is 50.9 Å². The molecule has 0 spiro atoms. The van der Waals surface area contributed by atoms with Gasteiger partial charge in [0.05, 0.1) is 12.1 Å². The second kappa shape index (κ2) is 9.17. The normalized spacial score (nSPS) is 14.0. The lowest BCUT2D eigenvalue weighted by Gasteiger charge is -2.36. The predicted octanol–water partition coefficient (Wildman–Crippen LogP) is 4.31. The van der Waals surface area contributed by atoms with E-state index in [1.54, 1.807) is 10.8 Å². The molecule has 1 aliphatic rings. The number of halogens is 1. The number of fused-ring (bicyclic) bond motifs is 3. The molecule has 8 heteroatoms. The Balaban J connectivity index is 1.18. The van der Waals surface area contributed by atoms with Gasteiger partial charge in [0.2, 0.25) is 0 Å². The Kier molecular flexibility index (Phi) is 5.70. The molecule has 7 nitrogen and oxygen atoms in total. The summed E-state index contributed by atoms with van der Waals surface area (Å²) < 4.78 is 3.56. The van der Waals surface area contributed by atoms with Gasteiger partial charge >= 0.3 is 0 Å². The van der Waals surface area contributed by atoms with Crippen molar-refractivity contribution >= 4 is 39.9 Å². The van der Waals surface area contributed by atoms with Crippen LogP contribution in [-0.2, 0) is 6.54 Å². The number of pyridine rings is 1. The van der Waals surface area contributed by atoms with E-state index in [1.165, 1.54) is 0 Å². The van der Waals surface area contributed by atoms with Crippen molar-refractivity contribution in [3.63, 3.8) is 0 Å². The lowest BCUT2D eigenvalue weighted by Crippen LogP contribution is -2.48. The molecular formula is C28H24ClN5O2. The summed E-state index contributed by atoms with van der Waals surface area (Å²) in [5.74, 6) is 0.0243. The Morgan fingerprint density at radius 3 is 2.33 bits per heavy atom. The Morgan fingerprint density at radius 2 is 1.58 bits per heavy atom. The van der Waals surface area contributed by atoms with Gasteiger partial charge in [0.15, 0.2) is 5.65 Å². The van der Waals surface area contributed by atoms with Crippen LogP contribution in [0.3, 0.4) is 0 Å². The van der Waals surface area contributed by atoms with Gasteiger partial charge in [-0.2, -0.15) is 0 Å². The first-order valence-electron chi connectivity index (χ1n) is 11.9. The first-order chi connectivity index (χ1) is 17.6. The van der Waals surface area contributed by atoms with Crippen LogP contribution >= 0.6 is 11.6 Å². The third kappa shape index (κ3) is 4.01. The Morgan fingerprint density at radius 1 is 0.861 bits per heavy atom. The van der Waals surface area contributed by atoms with Gasteiger partial charge in [-0.15, -0.1) is 0 Å². The monoisotopic (exact) mass is 497 g/mol. The van der Waals surface area contributed by atoms with Crippen molar-refractivity contribution in [2.75, 3.05) is 31.1 Å². The fourth-order valence-electron chi connectivity index (χ4n) is 4.87. The van der Waals surface area contributed by atoms with Crippen molar-refractivity contribution in [1.82, 2.24) is 18.9 Å². The average Bonchev–Trinajstić information content (AvgIpc) is 3.42. The summed E-state index contributed by atoms with van der Waals surface area (Å²) in [6, 6.07) is 22.8. The van der Waals surface area contributed by atoms with E-state index in [0.717, 1.165) is 34.9 Å². The highest BCUT2D eigenvalue weighted by molar-refractivity contribution is 6.30. The quantitative estimate of drug-likeness (QED) is 0.371. The maximum atomic E-state index is 13.2. The maximum Gasteiger partial charge on any atom is 0.276 e. The summed E-state index contributed by atoms with van der Waals surface area (Å²) in [6.45, 7) is 3.25. The molecule has 4 heterocycles. The molecule has 1 amide bonds. The summed E-state index contributed by atoms with van der Waals surface area (Å²) in [5.41, 5.74) is 4.73. The van der Waals surface area contributed by atoms with Gasteiger partial charge in [-0.1, -0.05) is 23.7 Å². The van der Waals surface area contributed by atoms with Crippen molar-refractivity contribution in [3.8, 4) is 0 Å². The number of benzene rings is 2. The molecule has 1 aliphatic heterocycles. The number of anilines is 1. The molecule has 0 aliphatic carbocycles. The lowest BCUT2D eigenvalue weighted by molar-refractivity contribution is 0.0747. The van der Waals surface area contributed by atoms with Gasteiger partial charge in [-0.05, 0) is 66.2 Å². The van der Waals surface area contributed by atoms with Gasteiger partial charge in [0.25, 0.3) is 11.5 Å². The van der Waals surface area contributed by atoms with E-state index in [9.17, 15) is 9.59 Å². The third-order valence-corrected chi connectivity index (χ3v) is 7.05. The lowest BCUT2D eigenvalue weighted by atomic mass is 10.1. The maximum absolute atomic E-state index is 13.2. The highest BCUT2D eigenvalue weighted by Crippen LogP contribution is 2.21. The number of carbonyl (C=O) groups excluding carboxylic acids is 1. The first-order valence-corrected chi connectivity index (χ1v) is 12.3. The van der Waals surface area contributed by atoms with Crippen molar-refractivity contribution in [1.29, 1.82) is 0 Å². The van der Waals surface area contributed by atoms with Crippen LogP contribution in [0.5, 0.6) is 0 Å². The number of piperazine rings is 1. The Bertz CT molecular complexity index is 1610. The van der Waals surface area contributed by atoms with Crippen molar-refractivity contribution in [2.24, 2.45) is 0 Å². The number of hydrogen-bond donors (Lipinski definition) is 0. The molecule has 2 aromatic carbocycles. The molecule has 0 atom stereocenters. The van der Waals surface area contributed by atoms with Crippen LogP contribution in [0, 0.1) is 0 Å². The fourth-order valence-corrected chi connectivity index (χ4v) is 4.99. The zero-order valence-electron chi connectivity index (χ0n) is 19.5. The van der Waals surface area contributed by atoms with E-state index in [0.29, 0.717) is 36.4 Å². The molecule has 36 heavy (non-hydrogen) atoms. The first kappa shape index (κ1) is 22.4. The van der Waals surface area contributed by atoms with E-state index >= 15 is 0 Å². The number of rotatable bonds is 4. The van der Waals surface area contributed by atoms with Crippen LogP contribution in [0.2, 0.25) is 5.02 Å². The molecule has 180 valence electrons. The van der Waals surface area contributed by atoms with Crippen LogP contribution in [0.25, 0.3) is 16.7 Å². The van der Waals surface area contributed by atoms with E-state index in [2.05, 4.69) is 9.88 Å². The Labute approximate surface area is 212 Å². The second-order valence-corrected chi connectivity index (χ2v) is 9.39. The van der Waals surface area contributed by atoms with Gasteiger partial charge < -0.3 is 14.2 Å². The second-order valence-electron chi connectivity index (χ2n) is 8.95. The van der Waals surface area contributed by atoms with Crippen LogP contribution in [0.4, 0.5) is 5.69 Å². The molecule has 0 N–H and O–H groups in total. The number of hydrogen-bond acceptors (Lipinski definition) is 4. The average molecular weight is 498 g/mol. The molecule has 3 aromatic heterocycles. The molecule has 0 unspecified atom stereocenters. The minimum atomic E-state index is -0.0927. The molecule has 1 fully saturated rings. The minimum Gasteiger partial charge on any atom is -0.368 e. The molecule has 1 saturated heterocycles.